The molecule has 0 atom stereocenters. The SMILES string of the molecule is COc1cnccc1Oc1ccccn1. The molecule has 0 unspecified atom stereocenters. The lowest BCUT2D eigenvalue weighted by atomic mass is 10.4. The molecule has 0 amide bonds. The quantitative estimate of drug-likeness (QED) is 0.765. The van der Waals surface area contributed by atoms with E-state index in [4.69, 9.17) is 9.47 Å². The van der Waals surface area contributed by atoms with Crippen LogP contribution in [0.4, 0.5) is 0 Å². The molecule has 0 aliphatic rings. The van der Waals surface area contributed by atoms with Crippen molar-refractivity contribution in [1.29, 1.82) is 0 Å². The summed E-state index contributed by atoms with van der Waals surface area (Å²) in [5.74, 6) is 1.72. The van der Waals surface area contributed by atoms with Crippen LogP contribution in [0.3, 0.4) is 0 Å². The van der Waals surface area contributed by atoms with Crippen molar-refractivity contribution in [2.45, 2.75) is 0 Å². The highest BCUT2D eigenvalue weighted by atomic mass is 16.5. The van der Waals surface area contributed by atoms with Gasteiger partial charge in [-0.1, -0.05) is 6.07 Å². The molecule has 76 valence electrons. The zero-order chi connectivity index (χ0) is 10.5. The standard InChI is InChI=1S/C11H10N2O2/c1-14-10-8-12-7-5-9(10)15-11-4-2-3-6-13-11/h2-8H,1H3. The monoisotopic (exact) mass is 202 g/mol. The Kier molecular flexibility index (Phi) is 2.78. The second kappa shape index (κ2) is 4.41. The molecular formula is C11H10N2O2. The van der Waals surface area contributed by atoms with Crippen LogP contribution in [0.25, 0.3) is 0 Å². The molecule has 0 fully saturated rings. The Morgan fingerprint density at radius 3 is 2.73 bits per heavy atom. The number of nitrogens with zero attached hydrogens (tertiary/aromatic N) is 2. The molecule has 0 saturated carbocycles. The first-order valence-corrected chi connectivity index (χ1v) is 4.47. The van der Waals surface area contributed by atoms with E-state index in [1.165, 1.54) is 0 Å². The van der Waals surface area contributed by atoms with Crippen molar-refractivity contribution in [3.63, 3.8) is 0 Å². The number of hydrogen-bond acceptors (Lipinski definition) is 4. The molecular weight excluding hydrogens is 192 g/mol. The molecule has 0 aliphatic heterocycles. The third-order valence-corrected chi connectivity index (χ3v) is 1.82. The van der Waals surface area contributed by atoms with Crippen molar-refractivity contribution in [2.24, 2.45) is 0 Å². The van der Waals surface area contributed by atoms with E-state index in [0.29, 0.717) is 17.4 Å². The number of methoxy groups -OCH3 is 1. The molecule has 4 nitrogen and oxygen atoms in total. The molecule has 0 radical (unpaired) electrons. The van der Waals surface area contributed by atoms with Crippen molar-refractivity contribution in [1.82, 2.24) is 9.97 Å². The number of ether oxygens (including phenoxy) is 2. The van der Waals surface area contributed by atoms with Gasteiger partial charge in [0, 0.05) is 24.5 Å². The lowest BCUT2D eigenvalue weighted by molar-refractivity contribution is 0.372. The maximum atomic E-state index is 5.52. The van der Waals surface area contributed by atoms with Crippen LogP contribution in [-0.4, -0.2) is 17.1 Å². The van der Waals surface area contributed by atoms with Crippen LogP contribution in [-0.2, 0) is 0 Å². The summed E-state index contributed by atoms with van der Waals surface area (Å²) >= 11 is 0. The van der Waals surface area contributed by atoms with Crippen LogP contribution >= 0.6 is 0 Å². The number of hydrogen-bond donors (Lipinski definition) is 0. The van der Waals surface area contributed by atoms with Crippen molar-refractivity contribution in [2.75, 3.05) is 7.11 Å². The van der Waals surface area contributed by atoms with Crippen molar-refractivity contribution in [3.8, 4) is 17.4 Å². The Bertz CT molecular complexity index is 432. The van der Waals surface area contributed by atoms with Crippen molar-refractivity contribution < 1.29 is 9.47 Å². The van der Waals surface area contributed by atoms with Gasteiger partial charge in [0.1, 0.15) is 0 Å². The van der Waals surface area contributed by atoms with E-state index >= 15 is 0 Å². The maximum absolute atomic E-state index is 5.52. The molecule has 0 N–H and O–H groups in total. The fourth-order valence-electron chi connectivity index (χ4n) is 1.12. The van der Waals surface area contributed by atoms with Gasteiger partial charge in [-0.2, -0.15) is 0 Å². The van der Waals surface area contributed by atoms with Crippen LogP contribution in [0.15, 0.2) is 42.9 Å². The van der Waals surface area contributed by atoms with E-state index in [-0.39, 0.29) is 0 Å². The predicted molar refractivity (Wildman–Crippen MR) is 55.1 cm³/mol. The molecule has 4 heteroatoms. The normalized spacial score (nSPS) is 9.67. The Labute approximate surface area is 87.5 Å². The average Bonchev–Trinajstić information content (AvgIpc) is 2.31. The highest BCUT2D eigenvalue weighted by Crippen LogP contribution is 2.28. The molecule has 0 spiro atoms. The molecule has 2 heterocycles. The Balaban J connectivity index is 2.24. The second-order valence-electron chi connectivity index (χ2n) is 2.80. The Morgan fingerprint density at radius 2 is 2.00 bits per heavy atom. The molecule has 0 saturated heterocycles. The van der Waals surface area contributed by atoms with Crippen molar-refractivity contribution >= 4 is 0 Å². The van der Waals surface area contributed by atoms with Gasteiger partial charge >= 0.3 is 0 Å². The molecule has 0 aliphatic carbocycles. The summed E-state index contributed by atoms with van der Waals surface area (Å²) in [6.45, 7) is 0. The Morgan fingerprint density at radius 1 is 1.07 bits per heavy atom. The summed E-state index contributed by atoms with van der Waals surface area (Å²) in [5.41, 5.74) is 0. The van der Waals surface area contributed by atoms with E-state index in [1.807, 2.05) is 12.1 Å². The molecule has 15 heavy (non-hydrogen) atoms. The van der Waals surface area contributed by atoms with Crippen LogP contribution < -0.4 is 9.47 Å². The largest absolute Gasteiger partial charge is 0.491 e. The topological polar surface area (TPSA) is 44.2 Å². The Hall–Kier alpha value is -2.10. The molecule has 2 aromatic rings. The molecule has 2 aromatic heterocycles. The summed E-state index contributed by atoms with van der Waals surface area (Å²) in [5, 5.41) is 0. The summed E-state index contributed by atoms with van der Waals surface area (Å²) in [7, 11) is 1.57. The van der Waals surface area contributed by atoms with Crippen molar-refractivity contribution in [3.05, 3.63) is 42.9 Å². The first-order chi connectivity index (χ1) is 7.40. The van der Waals surface area contributed by atoms with Gasteiger partial charge in [-0.3, -0.25) is 4.98 Å². The highest BCUT2D eigenvalue weighted by molar-refractivity contribution is 5.38. The molecule has 2 rings (SSSR count). The average molecular weight is 202 g/mol. The predicted octanol–water partition coefficient (Wildman–Crippen LogP) is 2.28. The minimum absolute atomic E-state index is 0.530. The van der Waals surface area contributed by atoms with Gasteiger partial charge in [-0.05, 0) is 6.07 Å². The van der Waals surface area contributed by atoms with Gasteiger partial charge in [-0.15, -0.1) is 0 Å². The number of rotatable bonds is 3. The third kappa shape index (κ3) is 2.22. The number of pyridine rings is 2. The van der Waals surface area contributed by atoms with Gasteiger partial charge in [0.2, 0.25) is 5.88 Å². The zero-order valence-corrected chi connectivity index (χ0v) is 8.25. The number of aromatic nitrogens is 2. The fourth-order valence-corrected chi connectivity index (χ4v) is 1.12. The lowest BCUT2D eigenvalue weighted by Crippen LogP contribution is -1.91. The fraction of sp³-hybridized carbons (Fsp3) is 0.0909. The molecule has 0 aromatic carbocycles. The van der Waals surface area contributed by atoms with Crippen LogP contribution in [0.2, 0.25) is 0 Å². The summed E-state index contributed by atoms with van der Waals surface area (Å²) < 4.78 is 10.6. The van der Waals surface area contributed by atoms with E-state index in [9.17, 15) is 0 Å². The van der Waals surface area contributed by atoms with E-state index in [2.05, 4.69) is 9.97 Å². The summed E-state index contributed by atoms with van der Waals surface area (Å²) in [4.78, 5) is 7.98. The van der Waals surface area contributed by atoms with Gasteiger partial charge in [0.25, 0.3) is 0 Å². The lowest BCUT2D eigenvalue weighted by Gasteiger charge is -2.07. The van der Waals surface area contributed by atoms with Gasteiger partial charge in [0.15, 0.2) is 11.5 Å². The smallest absolute Gasteiger partial charge is 0.219 e. The third-order valence-electron chi connectivity index (χ3n) is 1.82. The minimum atomic E-state index is 0.530. The summed E-state index contributed by atoms with van der Waals surface area (Å²) in [6.07, 6.45) is 4.90. The first-order valence-electron chi connectivity index (χ1n) is 4.47. The van der Waals surface area contributed by atoms with E-state index in [1.54, 1.807) is 37.8 Å². The minimum Gasteiger partial charge on any atom is -0.491 e. The van der Waals surface area contributed by atoms with Gasteiger partial charge in [-0.25, -0.2) is 4.98 Å². The first kappa shape index (κ1) is 9.45. The highest BCUT2D eigenvalue weighted by Gasteiger charge is 2.04. The van der Waals surface area contributed by atoms with Crippen LogP contribution in [0, 0.1) is 0 Å². The van der Waals surface area contributed by atoms with Crippen LogP contribution in [0.1, 0.15) is 0 Å². The second-order valence-corrected chi connectivity index (χ2v) is 2.80. The zero-order valence-electron chi connectivity index (χ0n) is 8.25. The van der Waals surface area contributed by atoms with Gasteiger partial charge in [0.05, 0.1) is 13.3 Å². The molecule has 0 bridgehead atoms. The van der Waals surface area contributed by atoms with E-state index in [0.717, 1.165) is 0 Å². The van der Waals surface area contributed by atoms with E-state index < -0.39 is 0 Å². The van der Waals surface area contributed by atoms with Crippen LogP contribution in [0.5, 0.6) is 17.4 Å². The maximum Gasteiger partial charge on any atom is 0.219 e. The van der Waals surface area contributed by atoms with Gasteiger partial charge < -0.3 is 9.47 Å². The summed E-state index contributed by atoms with van der Waals surface area (Å²) in [6, 6.07) is 7.19.